The van der Waals surface area contributed by atoms with E-state index < -0.39 is 4.92 Å². The number of pyridine rings is 1. The van der Waals surface area contributed by atoms with E-state index in [1.165, 1.54) is 12.1 Å². The highest BCUT2D eigenvalue weighted by atomic mass is 16.6. The largest absolute Gasteiger partial charge is 0.497 e. The van der Waals surface area contributed by atoms with Crippen molar-refractivity contribution in [2.24, 2.45) is 0 Å². The van der Waals surface area contributed by atoms with Crippen molar-refractivity contribution in [1.82, 2.24) is 14.5 Å². The van der Waals surface area contributed by atoms with Crippen LogP contribution in [0.5, 0.6) is 5.75 Å². The summed E-state index contributed by atoms with van der Waals surface area (Å²) in [4.78, 5) is 20.1. The van der Waals surface area contributed by atoms with Crippen LogP contribution in [0, 0.1) is 10.1 Å². The van der Waals surface area contributed by atoms with Gasteiger partial charge in [-0.15, -0.1) is 0 Å². The lowest BCUT2D eigenvalue weighted by Gasteiger charge is -2.11. The number of nitro groups is 1. The molecule has 0 radical (unpaired) electrons. The van der Waals surface area contributed by atoms with Crippen molar-refractivity contribution in [2.75, 3.05) is 7.11 Å². The van der Waals surface area contributed by atoms with Crippen molar-refractivity contribution >= 4 is 16.9 Å². The van der Waals surface area contributed by atoms with Gasteiger partial charge in [0.25, 0.3) is 5.69 Å². The van der Waals surface area contributed by atoms with Gasteiger partial charge in [0.1, 0.15) is 11.6 Å². The molecule has 0 bridgehead atoms. The summed E-state index contributed by atoms with van der Waals surface area (Å²) in [5, 5.41) is 11.0. The first-order valence-corrected chi connectivity index (χ1v) is 10.4. The van der Waals surface area contributed by atoms with Gasteiger partial charge in [-0.1, -0.05) is 54.6 Å². The highest BCUT2D eigenvalue weighted by Gasteiger charge is 2.16. The Bertz CT molecular complexity index is 1440. The number of nitro benzene ring substituents is 1. The van der Waals surface area contributed by atoms with E-state index in [0.717, 1.165) is 39.3 Å². The maximum Gasteiger partial charge on any atom is 0.269 e. The van der Waals surface area contributed by atoms with Gasteiger partial charge in [0.15, 0.2) is 5.65 Å². The molecule has 3 aromatic carbocycles. The van der Waals surface area contributed by atoms with Crippen LogP contribution in [0.4, 0.5) is 5.69 Å². The molecule has 7 heteroatoms. The van der Waals surface area contributed by atoms with E-state index in [1.807, 2.05) is 60.8 Å². The highest BCUT2D eigenvalue weighted by molar-refractivity contribution is 5.82. The van der Waals surface area contributed by atoms with Gasteiger partial charge in [-0.2, -0.15) is 0 Å². The van der Waals surface area contributed by atoms with Crippen LogP contribution in [0.1, 0.15) is 5.56 Å². The lowest BCUT2D eigenvalue weighted by atomic mass is 10.1. The number of aromatic nitrogens is 3. The van der Waals surface area contributed by atoms with E-state index in [2.05, 4.69) is 15.6 Å². The number of fused-ring (bicyclic) bond motifs is 1. The first-order valence-electron chi connectivity index (χ1n) is 10.4. The summed E-state index contributed by atoms with van der Waals surface area (Å²) >= 11 is 0. The lowest BCUT2D eigenvalue weighted by Crippen LogP contribution is -2.03. The fourth-order valence-electron chi connectivity index (χ4n) is 3.84. The van der Waals surface area contributed by atoms with E-state index in [4.69, 9.17) is 9.72 Å². The molecule has 2 aromatic heterocycles. The molecule has 33 heavy (non-hydrogen) atoms. The number of methoxy groups -OCH3 is 1. The Labute approximate surface area is 190 Å². The van der Waals surface area contributed by atoms with Crippen molar-refractivity contribution in [2.45, 2.75) is 6.54 Å². The molecule has 0 unspecified atom stereocenters. The average molecular weight is 436 g/mol. The molecule has 162 valence electrons. The summed E-state index contributed by atoms with van der Waals surface area (Å²) in [5.41, 5.74) is 5.46. The molecule has 0 saturated heterocycles. The van der Waals surface area contributed by atoms with Crippen molar-refractivity contribution in [3.05, 3.63) is 107 Å². The van der Waals surface area contributed by atoms with Crippen molar-refractivity contribution in [3.63, 3.8) is 0 Å². The zero-order chi connectivity index (χ0) is 22.8. The molecule has 0 aliphatic heterocycles. The molecular formula is C26H20N4O3. The SMILES string of the molecule is COc1cccc(-c2nc3ncc(-c4ccccc4)cc3n2Cc2ccc([N+](=O)[O-])cc2)c1. The quantitative estimate of drug-likeness (QED) is 0.251. The number of hydrogen-bond acceptors (Lipinski definition) is 5. The van der Waals surface area contributed by atoms with Crippen molar-refractivity contribution in [3.8, 4) is 28.3 Å². The summed E-state index contributed by atoms with van der Waals surface area (Å²) in [6.07, 6.45) is 1.83. The highest BCUT2D eigenvalue weighted by Crippen LogP contribution is 2.30. The minimum atomic E-state index is -0.395. The Morgan fingerprint density at radius 3 is 2.39 bits per heavy atom. The molecule has 0 aliphatic carbocycles. The van der Waals surface area contributed by atoms with Crippen LogP contribution in [0.3, 0.4) is 0 Å². The molecular weight excluding hydrogens is 416 g/mol. The third-order valence-corrected chi connectivity index (χ3v) is 5.53. The van der Waals surface area contributed by atoms with Gasteiger partial charge in [-0.3, -0.25) is 10.1 Å². The third kappa shape index (κ3) is 4.04. The fraction of sp³-hybridized carbons (Fsp3) is 0.0769. The first kappa shape index (κ1) is 20.4. The number of imidazole rings is 1. The van der Waals surface area contributed by atoms with Crippen LogP contribution in [0.2, 0.25) is 0 Å². The zero-order valence-corrected chi connectivity index (χ0v) is 17.9. The van der Waals surface area contributed by atoms with Crippen molar-refractivity contribution in [1.29, 1.82) is 0 Å². The zero-order valence-electron chi connectivity index (χ0n) is 17.9. The van der Waals surface area contributed by atoms with Crippen LogP contribution in [0.25, 0.3) is 33.7 Å². The first-order chi connectivity index (χ1) is 16.1. The van der Waals surface area contributed by atoms with Gasteiger partial charge in [0.05, 0.1) is 17.5 Å². The number of rotatable bonds is 6. The van der Waals surface area contributed by atoms with E-state index in [1.54, 1.807) is 19.2 Å². The van der Waals surface area contributed by atoms with E-state index in [9.17, 15) is 10.1 Å². The second-order valence-electron chi connectivity index (χ2n) is 7.61. The molecule has 0 saturated carbocycles. The van der Waals surface area contributed by atoms with Crippen LogP contribution in [-0.2, 0) is 6.54 Å². The van der Waals surface area contributed by atoms with Crippen LogP contribution >= 0.6 is 0 Å². The molecule has 0 spiro atoms. The second kappa shape index (κ2) is 8.55. The predicted molar refractivity (Wildman–Crippen MR) is 127 cm³/mol. The van der Waals surface area contributed by atoms with Gasteiger partial charge in [-0.25, -0.2) is 9.97 Å². The normalized spacial score (nSPS) is 10.9. The Morgan fingerprint density at radius 1 is 0.909 bits per heavy atom. The predicted octanol–water partition coefficient (Wildman–Crippen LogP) is 5.73. The number of ether oxygens (including phenoxy) is 1. The molecule has 0 amide bonds. The molecule has 0 fully saturated rings. The van der Waals surface area contributed by atoms with Gasteiger partial charge in [0.2, 0.25) is 0 Å². The standard InChI is InChI=1S/C26H20N4O3/c1-33-23-9-5-8-20(14-23)26-28-25-24(15-21(16-27-25)19-6-3-2-4-7-19)29(26)17-18-10-12-22(13-11-18)30(31)32/h2-16H,17H2,1H3. The minimum Gasteiger partial charge on any atom is -0.497 e. The van der Waals surface area contributed by atoms with Crippen LogP contribution in [-0.4, -0.2) is 26.6 Å². The van der Waals surface area contributed by atoms with Gasteiger partial charge in [-0.05, 0) is 29.3 Å². The Hall–Kier alpha value is -4.52. The van der Waals surface area contributed by atoms with Gasteiger partial charge >= 0.3 is 0 Å². The summed E-state index contributed by atoms with van der Waals surface area (Å²) < 4.78 is 7.49. The van der Waals surface area contributed by atoms with Crippen LogP contribution in [0.15, 0.2) is 91.1 Å². The molecule has 7 nitrogen and oxygen atoms in total. The Balaban J connectivity index is 1.67. The second-order valence-corrected chi connectivity index (χ2v) is 7.61. The number of non-ortho nitro benzene ring substituents is 1. The smallest absolute Gasteiger partial charge is 0.269 e. The van der Waals surface area contributed by atoms with E-state index in [0.29, 0.717) is 12.2 Å². The Morgan fingerprint density at radius 2 is 1.67 bits per heavy atom. The monoisotopic (exact) mass is 436 g/mol. The molecule has 5 rings (SSSR count). The molecule has 2 heterocycles. The number of hydrogen-bond donors (Lipinski definition) is 0. The average Bonchev–Trinajstić information content (AvgIpc) is 3.22. The lowest BCUT2D eigenvalue weighted by molar-refractivity contribution is -0.384. The van der Waals surface area contributed by atoms with Gasteiger partial charge < -0.3 is 9.30 Å². The van der Waals surface area contributed by atoms with E-state index >= 15 is 0 Å². The van der Waals surface area contributed by atoms with E-state index in [-0.39, 0.29) is 5.69 Å². The van der Waals surface area contributed by atoms with Crippen LogP contribution < -0.4 is 4.74 Å². The number of benzene rings is 3. The van der Waals surface area contributed by atoms with Crippen molar-refractivity contribution < 1.29 is 9.66 Å². The Kier molecular flexibility index (Phi) is 5.28. The summed E-state index contributed by atoms with van der Waals surface area (Å²) in [5.74, 6) is 1.49. The maximum atomic E-state index is 11.0. The summed E-state index contributed by atoms with van der Waals surface area (Å²) in [7, 11) is 1.63. The van der Waals surface area contributed by atoms with Gasteiger partial charge in [0, 0.05) is 36.0 Å². The number of nitrogens with zero attached hydrogens (tertiary/aromatic N) is 4. The third-order valence-electron chi connectivity index (χ3n) is 5.53. The topological polar surface area (TPSA) is 83.1 Å². The summed E-state index contributed by atoms with van der Waals surface area (Å²) in [6.45, 7) is 0.487. The summed E-state index contributed by atoms with van der Waals surface area (Å²) in [6, 6.07) is 26.5. The molecule has 5 aromatic rings. The molecule has 0 atom stereocenters. The fourth-order valence-corrected chi connectivity index (χ4v) is 3.84. The maximum absolute atomic E-state index is 11.0. The molecule has 0 aliphatic rings. The molecule has 0 N–H and O–H groups in total. The minimum absolute atomic E-state index is 0.0651.